The minimum atomic E-state index is -0.705. The first-order valence-electron chi connectivity index (χ1n) is 13.9. The summed E-state index contributed by atoms with van der Waals surface area (Å²) >= 11 is 0. The third-order valence-corrected chi connectivity index (χ3v) is 12.5. The normalized spacial score (nSPS) is 48.0. The summed E-state index contributed by atoms with van der Waals surface area (Å²) in [6.07, 6.45) is 9.01. The number of carboxylic acid groups (broad SMARTS) is 2. The lowest BCUT2D eigenvalue weighted by Gasteiger charge is -2.70. The quantitative estimate of drug-likeness (QED) is 0.394. The molecular weight excluding hydrogens is 424 g/mol. The first-order valence-corrected chi connectivity index (χ1v) is 13.9. The third kappa shape index (κ3) is 3.36. The highest BCUT2D eigenvalue weighted by atomic mass is 16.4. The molecule has 0 aromatic heterocycles. The molecule has 2 N–H and O–H groups in total. The van der Waals surface area contributed by atoms with Crippen LogP contribution < -0.4 is 0 Å². The summed E-state index contributed by atoms with van der Waals surface area (Å²) in [7, 11) is 0. The summed E-state index contributed by atoms with van der Waals surface area (Å²) in [6.45, 7) is 18.4. The van der Waals surface area contributed by atoms with Crippen LogP contribution in [0.15, 0.2) is 12.2 Å². The molecule has 192 valence electrons. The second kappa shape index (κ2) is 8.37. The van der Waals surface area contributed by atoms with E-state index in [0.717, 1.165) is 51.4 Å². The van der Waals surface area contributed by atoms with Crippen LogP contribution in [-0.2, 0) is 9.59 Å². The van der Waals surface area contributed by atoms with Crippen molar-refractivity contribution >= 4 is 11.9 Å². The van der Waals surface area contributed by atoms with Crippen molar-refractivity contribution in [3.8, 4) is 0 Å². The maximum absolute atomic E-state index is 12.8. The van der Waals surface area contributed by atoms with Gasteiger partial charge in [0.1, 0.15) is 0 Å². The fraction of sp³-hybridized carbons (Fsp3) is 0.867. The van der Waals surface area contributed by atoms with Crippen molar-refractivity contribution < 1.29 is 19.8 Å². The van der Waals surface area contributed by atoms with E-state index in [4.69, 9.17) is 0 Å². The smallest absolute Gasteiger partial charge is 0.309 e. The Balaban J connectivity index is 1.77. The van der Waals surface area contributed by atoms with Crippen LogP contribution in [0.4, 0.5) is 0 Å². The minimum Gasteiger partial charge on any atom is -0.481 e. The Morgan fingerprint density at radius 1 is 0.941 bits per heavy atom. The van der Waals surface area contributed by atoms with Crippen LogP contribution in [-0.4, -0.2) is 22.2 Å². The van der Waals surface area contributed by atoms with Gasteiger partial charge in [-0.1, -0.05) is 46.8 Å². The molecule has 4 rings (SSSR count). The fourth-order valence-corrected chi connectivity index (χ4v) is 10.7. The molecule has 34 heavy (non-hydrogen) atoms. The molecule has 0 radical (unpaired) electrons. The molecule has 9 atom stereocenters. The molecule has 4 aliphatic rings. The van der Waals surface area contributed by atoms with Gasteiger partial charge in [0, 0.05) is 6.42 Å². The van der Waals surface area contributed by atoms with Gasteiger partial charge in [0.25, 0.3) is 0 Å². The Labute approximate surface area is 207 Å². The van der Waals surface area contributed by atoms with E-state index in [1.165, 1.54) is 5.57 Å². The number of carbonyl (C=O) groups is 2. The van der Waals surface area contributed by atoms with Gasteiger partial charge in [-0.25, -0.2) is 0 Å². The summed E-state index contributed by atoms with van der Waals surface area (Å²) in [5.74, 6) is 1.28. The average Bonchev–Trinajstić information content (AvgIpc) is 3.14. The Bertz CT molecular complexity index is 862. The van der Waals surface area contributed by atoms with Gasteiger partial charge in [-0.15, -0.1) is 0 Å². The van der Waals surface area contributed by atoms with Crippen LogP contribution in [0.2, 0.25) is 0 Å². The molecule has 0 bridgehead atoms. The molecule has 0 aromatic rings. The van der Waals surface area contributed by atoms with Crippen molar-refractivity contribution in [1.82, 2.24) is 0 Å². The van der Waals surface area contributed by atoms with Gasteiger partial charge in [-0.05, 0) is 116 Å². The predicted molar refractivity (Wildman–Crippen MR) is 135 cm³/mol. The van der Waals surface area contributed by atoms with Crippen LogP contribution in [0, 0.1) is 57.2 Å². The van der Waals surface area contributed by atoms with E-state index < -0.39 is 17.4 Å². The molecule has 0 unspecified atom stereocenters. The number of hydrogen-bond acceptors (Lipinski definition) is 2. The molecule has 0 aromatic carbocycles. The highest BCUT2D eigenvalue weighted by Gasteiger charge is 2.70. The van der Waals surface area contributed by atoms with Crippen LogP contribution in [0.25, 0.3) is 0 Å². The number of carboxylic acids is 2. The third-order valence-electron chi connectivity index (χ3n) is 12.5. The molecule has 0 spiro atoms. The summed E-state index contributed by atoms with van der Waals surface area (Å²) < 4.78 is 0. The zero-order valence-electron chi connectivity index (χ0n) is 22.5. The molecule has 0 amide bonds. The lowest BCUT2D eigenvalue weighted by Crippen LogP contribution is -2.64. The highest BCUT2D eigenvalue weighted by Crippen LogP contribution is 2.76. The van der Waals surface area contributed by atoms with Crippen molar-refractivity contribution in [1.29, 1.82) is 0 Å². The van der Waals surface area contributed by atoms with Gasteiger partial charge in [0.2, 0.25) is 0 Å². The second-order valence-electron chi connectivity index (χ2n) is 13.8. The molecule has 0 saturated heterocycles. The molecule has 0 aliphatic heterocycles. The van der Waals surface area contributed by atoms with Crippen molar-refractivity contribution in [2.24, 2.45) is 57.2 Å². The largest absolute Gasteiger partial charge is 0.481 e. The minimum absolute atomic E-state index is 0.0698. The summed E-state index contributed by atoms with van der Waals surface area (Å²) in [5, 5.41) is 20.1. The monoisotopic (exact) mass is 472 g/mol. The Morgan fingerprint density at radius 2 is 1.62 bits per heavy atom. The van der Waals surface area contributed by atoms with E-state index in [0.29, 0.717) is 36.0 Å². The maximum atomic E-state index is 12.8. The Morgan fingerprint density at radius 3 is 2.18 bits per heavy atom. The maximum Gasteiger partial charge on any atom is 0.309 e. The van der Waals surface area contributed by atoms with Crippen LogP contribution in [0.3, 0.4) is 0 Å². The van der Waals surface area contributed by atoms with Gasteiger partial charge in [-0.2, -0.15) is 0 Å². The summed E-state index contributed by atoms with van der Waals surface area (Å²) in [5.41, 5.74) is 0.793. The molecule has 4 nitrogen and oxygen atoms in total. The molecular formula is C30H48O4. The van der Waals surface area contributed by atoms with Crippen molar-refractivity contribution in [2.45, 2.75) is 106 Å². The second-order valence-corrected chi connectivity index (χ2v) is 13.8. The molecule has 4 aliphatic carbocycles. The summed E-state index contributed by atoms with van der Waals surface area (Å²) in [4.78, 5) is 24.4. The number of hydrogen-bond donors (Lipinski definition) is 2. The zero-order chi connectivity index (χ0) is 25.3. The zero-order valence-corrected chi connectivity index (χ0v) is 22.5. The van der Waals surface area contributed by atoms with Gasteiger partial charge < -0.3 is 10.2 Å². The number of aliphatic carboxylic acids is 2. The van der Waals surface area contributed by atoms with E-state index in [-0.39, 0.29) is 28.6 Å². The highest BCUT2D eigenvalue weighted by molar-refractivity contribution is 5.76. The SMILES string of the molecule is C=C(C)[C@@H]1CC[C@]2(C)[C@H](CC[C@@H]3[C@H]4[C@H](C(C)C)CC[C@]4(C(=O)O)CC[C@]32C)[C@@]1(C)CCC(=O)O. The first kappa shape index (κ1) is 25.8. The van der Waals surface area contributed by atoms with E-state index >= 15 is 0 Å². The van der Waals surface area contributed by atoms with Gasteiger partial charge in [-0.3, -0.25) is 9.59 Å². The van der Waals surface area contributed by atoms with Gasteiger partial charge in [0.05, 0.1) is 5.41 Å². The Hall–Kier alpha value is -1.32. The first-order chi connectivity index (χ1) is 15.7. The molecule has 0 heterocycles. The molecule has 4 heteroatoms. The molecule has 4 saturated carbocycles. The van der Waals surface area contributed by atoms with E-state index in [1.54, 1.807) is 0 Å². The van der Waals surface area contributed by atoms with E-state index in [1.807, 2.05) is 0 Å². The van der Waals surface area contributed by atoms with Crippen molar-refractivity contribution in [3.63, 3.8) is 0 Å². The summed E-state index contributed by atoms with van der Waals surface area (Å²) in [6, 6.07) is 0. The number of rotatable bonds is 6. The van der Waals surface area contributed by atoms with E-state index in [9.17, 15) is 19.8 Å². The fourth-order valence-electron chi connectivity index (χ4n) is 10.7. The lowest BCUT2D eigenvalue weighted by molar-refractivity contribution is -0.222. The lowest BCUT2D eigenvalue weighted by atomic mass is 9.34. The van der Waals surface area contributed by atoms with Gasteiger partial charge >= 0.3 is 11.9 Å². The van der Waals surface area contributed by atoms with E-state index in [2.05, 4.69) is 48.1 Å². The Kier molecular flexibility index (Phi) is 6.34. The van der Waals surface area contributed by atoms with Gasteiger partial charge in [0.15, 0.2) is 0 Å². The van der Waals surface area contributed by atoms with Crippen LogP contribution >= 0.6 is 0 Å². The topological polar surface area (TPSA) is 74.6 Å². The number of allylic oxidation sites excluding steroid dienone is 1. The van der Waals surface area contributed by atoms with Crippen molar-refractivity contribution in [2.75, 3.05) is 0 Å². The predicted octanol–water partition coefficient (Wildman–Crippen LogP) is 7.43. The standard InChI is InChI=1S/C30H48O4/c1-18(2)20-10-15-30(26(33)34)17-16-28(6)22(25(20)30)8-9-23-27(5,13-12-24(31)32)21(19(3)4)11-14-29(23,28)7/h18,20-23,25H,3,8-17H2,1-2,4-7H3,(H,31,32)(H,33,34)/t20-,21-,22+,23+,25+,27-,28+,29+,30-/m0/s1. The van der Waals surface area contributed by atoms with Crippen molar-refractivity contribution in [3.05, 3.63) is 12.2 Å². The van der Waals surface area contributed by atoms with Crippen LogP contribution in [0.5, 0.6) is 0 Å². The molecule has 4 fully saturated rings. The van der Waals surface area contributed by atoms with Crippen LogP contribution in [0.1, 0.15) is 106 Å². The average molecular weight is 473 g/mol. The number of fused-ring (bicyclic) bond motifs is 5.